The molecule has 20 heavy (non-hydrogen) atoms. The number of nitrogens with one attached hydrogen (secondary N) is 2. The van der Waals surface area contributed by atoms with Gasteiger partial charge in [-0.3, -0.25) is 9.59 Å². The fourth-order valence-corrected chi connectivity index (χ4v) is 1.68. The van der Waals surface area contributed by atoms with Crippen LogP contribution in [0.5, 0.6) is 0 Å². The highest BCUT2D eigenvalue weighted by molar-refractivity contribution is 5.95. The van der Waals surface area contributed by atoms with Gasteiger partial charge < -0.3 is 15.1 Å². The van der Waals surface area contributed by atoms with Crippen molar-refractivity contribution < 1.29 is 14.0 Å². The van der Waals surface area contributed by atoms with Gasteiger partial charge in [0, 0.05) is 31.1 Å². The molecule has 0 radical (unpaired) electrons. The predicted molar refractivity (Wildman–Crippen MR) is 73.3 cm³/mol. The van der Waals surface area contributed by atoms with Gasteiger partial charge in [0.15, 0.2) is 6.39 Å². The van der Waals surface area contributed by atoms with E-state index in [9.17, 15) is 9.59 Å². The van der Waals surface area contributed by atoms with Crippen molar-refractivity contribution in [3.63, 3.8) is 0 Å². The topological polar surface area (TPSA) is 84.2 Å². The second kappa shape index (κ2) is 6.51. The number of rotatable bonds is 5. The Morgan fingerprint density at radius 3 is 2.60 bits per heavy atom. The predicted octanol–water partition coefficient (Wildman–Crippen LogP) is 1.61. The smallest absolute Gasteiger partial charge is 0.251 e. The average molecular weight is 273 g/mol. The molecular weight excluding hydrogens is 258 g/mol. The molecule has 0 aliphatic heterocycles. The lowest BCUT2D eigenvalue weighted by atomic mass is 10.2. The zero-order valence-corrected chi connectivity index (χ0v) is 11.1. The first-order valence-corrected chi connectivity index (χ1v) is 6.18. The van der Waals surface area contributed by atoms with Crippen molar-refractivity contribution in [2.75, 3.05) is 11.9 Å². The molecule has 0 aliphatic rings. The molecule has 2 aromatic rings. The minimum absolute atomic E-state index is 0.144. The third kappa shape index (κ3) is 3.94. The Morgan fingerprint density at radius 2 is 2.00 bits per heavy atom. The van der Waals surface area contributed by atoms with Gasteiger partial charge in [-0.25, -0.2) is 4.98 Å². The lowest BCUT2D eigenvalue weighted by molar-refractivity contribution is -0.114. The minimum Gasteiger partial charge on any atom is -0.451 e. The van der Waals surface area contributed by atoms with Crippen molar-refractivity contribution in [3.05, 3.63) is 48.2 Å². The number of hydrogen-bond donors (Lipinski definition) is 2. The van der Waals surface area contributed by atoms with E-state index >= 15 is 0 Å². The molecule has 104 valence electrons. The zero-order valence-electron chi connectivity index (χ0n) is 11.1. The first kappa shape index (κ1) is 13.8. The molecule has 0 fully saturated rings. The maximum absolute atomic E-state index is 11.9. The lowest BCUT2D eigenvalue weighted by Gasteiger charge is -2.05. The number of oxazole rings is 1. The molecule has 6 nitrogen and oxygen atoms in total. The van der Waals surface area contributed by atoms with Crippen LogP contribution >= 0.6 is 0 Å². The largest absolute Gasteiger partial charge is 0.451 e. The van der Waals surface area contributed by atoms with Gasteiger partial charge in [-0.1, -0.05) is 0 Å². The highest BCUT2D eigenvalue weighted by Crippen LogP contribution is 2.09. The summed E-state index contributed by atoms with van der Waals surface area (Å²) in [5, 5.41) is 5.43. The Balaban J connectivity index is 1.84. The lowest BCUT2D eigenvalue weighted by Crippen LogP contribution is -2.25. The third-order valence-electron chi connectivity index (χ3n) is 2.62. The second-order valence-electron chi connectivity index (χ2n) is 4.24. The van der Waals surface area contributed by atoms with Crippen molar-refractivity contribution in [1.29, 1.82) is 0 Å². The summed E-state index contributed by atoms with van der Waals surface area (Å²) in [4.78, 5) is 26.7. The Morgan fingerprint density at radius 1 is 1.25 bits per heavy atom. The maximum Gasteiger partial charge on any atom is 0.251 e. The van der Waals surface area contributed by atoms with E-state index in [1.165, 1.54) is 13.3 Å². The van der Waals surface area contributed by atoms with Gasteiger partial charge in [-0.2, -0.15) is 0 Å². The van der Waals surface area contributed by atoms with Crippen molar-refractivity contribution in [1.82, 2.24) is 10.3 Å². The second-order valence-corrected chi connectivity index (χ2v) is 4.24. The number of anilines is 1. The standard InChI is InChI=1S/C14H15N3O3/c1-10(18)17-12-4-2-11(3-5-12)14(19)15-7-6-13-8-20-9-16-13/h2-5,8-9H,6-7H2,1H3,(H,15,19)(H,17,18). The van der Waals surface area contributed by atoms with Gasteiger partial charge in [0.1, 0.15) is 6.26 Å². The highest BCUT2D eigenvalue weighted by Gasteiger charge is 2.05. The number of carbonyl (C=O) groups excluding carboxylic acids is 2. The Kier molecular flexibility index (Phi) is 4.49. The Labute approximate surface area is 116 Å². The number of amides is 2. The van der Waals surface area contributed by atoms with E-state index < -0.39 is 0 Å². The summed E-state index contributed by atoms with van der Waals surface area (Å²) in [6.45, 7) is 1.92. The molecule has 0 spiro atoms. The summed E-state index contributed by atoms with van der Waals surface area (Å²) >= 11 is 0. The van der Waals surface area contributed by atoms with Crippen LogP contribution in [0.3, 0.4) is 0 Å². The van der Waals surface area contributed by atoms with E-state index in [0.29, 0.717) is 24.2 Å². The summed E-state index contributed by atoms with van der Waals surface area (Å²) in [6, 6.07) is 6.70. The normalized spacial score (nSPS) is 10.1. The van der Waals surface area contributed by atoms with Crippen molar-refractivity contribution in [2.45, 2.75) is 13.3 Å². The van der Waals surface area contributed by atoms with Gasteiger partial charge in [-0.15, -0.1) is 0 Å². The maximum atomic E-state index is 11.9. The molecule has 0 aliphatic carbocycles. The van der Waals surface area contributed by atoms with Gasteiger partial charge in [0.2, 0.25) is 5.91 Å². The molecule has 1 heterocycles. The van der Waals surface area contributed by atoms with Gasteiger partial charge in [0.05, 0.1) is 5.69 Å². The van der Waals surface area contributed by atoms with Crippen LogP contribution in [0, 0.1) is 0 Å². The van der Waals surface area contributed by atoms with E-state index in [4.69, 9.17) is 4.42 Å². The first-order valence-electron chi connectivity index (χ1n) is 6.18. The molecule has 1 aromatic carbocycles. The molecule has 0 atom stereocenters. The molecule has 6 heteroatoms. The monoisotopic (exact) mass is 273 g/mol. The molecule has 0 unspecified atom stereocenters. The van der Waals surface area contributed by atoms with Crippen LogP contribution in [0.25, 0.3) is 0 Å². The molecule has 2 rings (SSSR count). The summed E-state index contributed by atoms with van der Waals surface area (Å²) in [6.07, 6.45) is 3.53. The van der Waals surface area contributed by atoms with Gasteiger partial charge >= 0.3 is 0 Å². The number of carbonyl (C=O) groups is 2. The van der Waals surface area contributed by atoms with Crippen LogP contribution < -0.4 is 10.6 Å². The average Bonchev–Trinajstić information content (AvgIpc) is 2.92. The zero-order chi connectivity index (χ0) is 14.4. The molecule has 0 saturated heterocycles. The van der Waals surface area contributed by atoms with Crippen molar-refractivity contribution in [3.8, 4) is 0 Å². The number of aromatic nitrogens is 1. The van der Waals surface area contributed by atoms with Crippen molar-refractivity contribution >= 4 is 17.5 Å². The first-order chi connectivity index (χ1) is 9.65. The van der Waals surface area contributed by atoms with E-state index in [1.54, 1.807) is 30.5 Å². The number of hydrogen-bond acceptors (Lipinski definition) is 4. The highest BCUT2D eigenvalue weighted by atomic mass is 16.3. The Bertz CT molecular complexity index is 576. The van der Waals surface area contributed by atoms with Crippen LogP contribution in [-0.2, 0) is 11.2 Å². The quantitative estimate of drug-likeness (QED) is 0.866. The van der Waals surface area contributed by atoms with Gasteiger partial charge in [-0.05, 0) is 24.3 Å². The third-order valence-corrected chi connectivity index (χ3v) is 2.62. The molecule has 0 bridgehead atoms. The van der Waals surface area contributed by atoms with Crippen LogP contribution in [0.15, 0.2) is 41.3 Å². The fourth-order valence-electron chi connectivity index (χ4n) is 1.68. The van der Waals surface area contributed by atoms with Crippen LogP contribution in [0.2, 0.25) is 0 Å². The van der Waals surface area contributed by atoms with Crippen LogP contribution in [0.1, 0.15) is 23.0 Å². The molecule has 0 saturated carbocycles. The summed E-state index contributed by atoms with van der Waals surface area (Å²) in [7, 11) is 0. The van der Waals surface area contributed by atoms with E-state index in [1.807, 2.05) is 0 Å². The van der Waals surface area contributed by atoms with Crippen molar-refractivity contribution in [2.24, 2.45) is 0 Å². The van der Waals surface area contributed by atoms with E-state index in [2.05, 4.69) is 15.6 Å². The van der Waals surface area contributed by atoms with E-state index in [0.717, 1.165) is 5.69 Å². The summed E-state index contributed by atoms with van der Waals surface area (Å²) < 4.78 is 4.84. The molecular formula is C14H15N3O3. The summed E-state index contributed by atoms with van der Waals surface area (Å²) in [5.74, 6) is -0.308. The number of nitrogens with zero attached hydrogens (tertiary/aromatic N) is 1. The minimum atomic E-state index is -0.164. The summed E-state index contributed by atoms with van der Waals surface area (Å²) in [5.41, 5.74) is 2.00. The number of benzene rings is 1. The SMILES string of the molecule is CC(=O)Nc1ccc(C(=O)NCCc2cocn2)cc1. The van der Waals surface area contributed by atoms with E-state index in [-0.39, 0.29) is 11.8 Å². The molecule has 2 N–H and O–H groups in total. The molecule has 2 amide bonds. The Hall–Kier alpha value is -2.63. The van der Waals surface area contributed by atoms with Crippen LogP contribution in [0.4, 0.5) is 5.69 Å². The van der Waals surface area contributed by atoms with Gasteiger partial charge in [0.25, 0.3) is 5.91 Å². The van der Waals surface area contributed by atoms with Crippen LogP contribution in [-0.4, -0.2) is 23.3 Å². The fraction of sp³-hybridized carbons (Fsp3) is 0.214. The molecule has 1 aromatic heterocycles.